The van der Waals surface area contributed by atoms with E-state index >= 15 is 0 Å². The fourth-order valence-electron chi connectivity index (χ4n) is 2.73. The summed E-state index contributed by atoms with van der Waals surface area (Å²) in [5, 5.41) is 0. The average Bonchev–Trinajstić information content (AvgIpc) is 2.90. The first-order chi connectivity index (χ1) is 8.83. The van der Waals surface area contributed by atoms with E-state index in [1.54, 1.807) is 12.1 Å². The molecule has 0 bridgehead atoms. The third kappa shape index (κ3) is 2.33. The Morgan fingerprint density at radius 3 is 2.33 bits per heavy atom. The van der Waals surface area contributed by atoms with E-state index in [2.05, 4.69) is 6.07 Å². The molecule has 1 fully saturated rings. The van der Waals surface area contributed by atoms with Crippen molar-refractivity contribution in [2.45, 2.75) is 38.0 Å². The first-order valence-corrected chi connectivity index (χ1v) is 6.68. The molecule has 1 aromatic carbocycles. The minimum atomic E-state index is -0.210. The van der Waals surface area contributed by atoms with Gasteiger partial charge in [0.05, 0.1) is 0 Å². The third-order valence-electron chi connectivity index (χ3n) is 3.76. The predicted octanol–water partition coefficient (Wildman–Crippen LogP) is 5.13. The maximum Gasteiger partial charge on any atom is 0.134 e. The van der Waals surface area contributed by atoms with Gasteiger partial charge in [-0.2, -0.15) is 0 Å². The number of furan rings is 1. The Morgan fingerprint density at radius 1 is 0.889 bits per heavy atom. The van der Waals surface area contributed by atoms with Crippen molar-refractivity contribution in [1.82, 2.24) is 0 Å². The van der Waals surface area contributed by atoms with Crippen molar-refractivity contribution in [1.29, 1.82) is 0 Å². The molecule has 1 aromatic heterocycles. The molecule has 18 heavy (non-hydrogen) atoms. The number of halogens is 1. The molecule has 3 rings (SSSR count). The molecule has 1 heterocycles. The van der Waals surface area contributed by atoms with Gasteiger partial charge in [-0.3, -0.25) is 0 Å². The van der Waals surface area contributed by atoms with Gasteiger partial charge in [-0.1, -0.05) is 19.3 Å². The minimum absolute atomic E-state index is 0.210. The highest BCUT2D eigenvalue weighted by molar-refractivity contribution is 5.57. The van der Waals surface area contributed by atoms with E-state index < -0.39 is 0 Å². The molecule has 0 atom stereocenters. The van der Waals surface area contributed by atoms with Crippen LogP contribution in [0.5, 0.6) is 0 Å². The smallest absolute Gasteiger partial charge is 0.134 e. The summed E-state index contributed by atoms with van der Waals surface area (Å²) < 4.78 is 18.8. The zero-order valence-corrected chi connectivity index (χ0v) is 10.4. The molecule has 1 nitrogen and oxygen atoms in total. The number of benzene rings is 1. The van der Waals surface area contributed by atoms with Crippen LogP contribution >= 0.6 is 0 Å². The lowest BCUT2D eigenvalue weighted by Crippen LogP contribution is -2.02. The average molecular weight is 244 g/mol. The molecular weight excluding hydrogens is 227 g/mol. The SMILES string of the molecule is Fc1ccc(-c2ccc(C3CCCCC3)o2)cc1. The second kappa shape index (κ2) is 4.97. The van der Waals surface area contributed by atoms with Crippen molar-refractivity contribution in [2.75, 3.05) is 0 Å². The second-order valence-corrected chi connectivity index (χ2v) is 5.04. The van der Waals surface area contributed by atoms with Gasteiger partial charge in [0.1, 0.15) is 17.3 Å². The Labute approximate surface area is 107 Å². The molecular formula is C16H17FO. The van der Waals surface area contributed by atoms with Crippen LogP contribution in [0, 0.1) is 5.82 Å². The summed E-state index contributed by atoms with van der Waals surface area (Å²) in [6, 6.07) is 10.5. The van der Waals surface area contributed by atoms with E-state index in [0.717, 1.165) is 17.1 Å². The molecule has 0 spiro atoms. The maximum atomic E-state index is 12.9. The summed E-state index contributed by atoms with van der Waals surface area (Å²) in [4.78, 5) is 0. The summed E-state index contributed by atoms with van der Waals surface area (Å²) in [7, 11) is 0. The second-order valence-electron chi connectivity index (χ2n) is 5.04. The summed E-state index contributed by atoms with van der Waals surface area (Å²) >= 11 is 0. The molecule has 0 amide bonds. The Balaban J connectivity index is 1.82. The van der Waals surface area contributed by atoms with Crippen molar-refractivity contribution < 1.29 is 8.81 Å². The standard InChI is InChI=1S/C16H17FO/c17-14-8-6-13(7-9-14)16-11-10-15(18-16)12-4-2-1-3-5-12/h6-12H,1-5H2. The van der Waals surface area contributed by atoms with Crippen molar-refractivity contribution in [3.8, 4) is 11.3 Å². The van der Waals surface area contributed by atoms with Crippen LogP contribution in [0.15, 0.2) is 40.8 Å². The van der Waals surface area contributed by atoms with E-state index in [4.69, 9.17) is 4.42 Å². The van der Waals surface area contributed by atoms with Crippen molar-refractivity contribution in [3.63, 3.8) is 0 Å². The van der Waals surface area contributed by atoms with Crippen LogP contribution in [-0.2, 0) is 0 Å². The van der Waals surface area contributed by atoms with Gasteiger partial charge in [0.15, 0.2) is 0 Å². The van der Waals surface area contributed by atoms with Crippen LogP contribution in [0.1, 0.15) is 43.8 Å². The lowest BCUT2D eigenvalue weighted by molar-refractivity contribution is 0.378. The quantitative estimate of drug-likeness (QED) is 0.713. The van der Waals surface area contributed by atoms with Gasteiger partial charge in [0, 0.05) is 11.5 Å². The highest BCUT2D eigenvalue weighted by Gasteiger charge is 2.18. The van der Waals surface area contributed by atoms with E-state index in [1.807, 2.05) is 6.07 Å². The minimum Gasteiger partial charge on any atom is -0.461 e. The van der Waals surface area contributed by atoms with Crippen LogP contribution in [0.2, 0.25) is 0 Å². The normalized spacial score (nSPS) is 16.9. The summed E-state index contributed by atoms with van der Waals surface area (Å²) in [5.74, 6) is 2.30. The lowest BCUT2D eigenvalue weighted by Gasteiger charge is -2.19. The van der Waals surface area contributed by atoms with Crippen LogP contribution in [0.4, 0.5) is 4.39 Å². The lowest BCUT2D eigenvalue weighted by atomic mass is 9.88. The molecule has 0 aliphatic heterocycles. The maximum absolute atomic E-state index is 12.9. The first-order valence-electron chi connectivity index (χ1n) is 6.68. The van der Waals surface area contributed by atoms with Gasteiger partial charge in [-0.05, 0) is 49.2 Å². The van der Waals surface area contributed by atoms with Gasteiger partial charge >= 0.3 is 0 Å². The van der Waals surface area contributed by atoms with Crippen molar-refractivity contribution in [2.24, 2.45) is 0 Å². The molecule has 0 radical (unpaired) electrons. The molecule has 0 unspecified atom stereocenters. The molecule has 1 saturated carbocycles. The molecule has 94 valence electrons. The highest BCUT2D eigenvalue weighted by Crippen LogP contribution is 2.35. The largest absolute Gasteiger partial charge is 0.461 e. The zero-order chi connectivity index (χ0) is 12.4. The zero-order valence-electron chi connectivity index (χ0n) is 10.4. The topological polar surface area (TPSA) is 13.1 Å². The van der Waals surface area contributed by atoms with Crippen molar-refractivity contribution in [3.05, 3.63) is 48.0 Å². The fourth-order valence-corrected chi connectivity index (χ4v) is 2.73. The van der Waals surface area contributed by atoms with Crippen LogP contribution in [-0.4, -0.2) is 0 Å². The first kappa shape index (κ1) is 11.5. The molecule has 1 aliphatic carbocycles. The van der Waals surface area contributed by atoms with E-state index in [1.165, 1.54) is 44.2 Å². The van der Waals surface area contributed by atoms with Crippen molar-refractivity contribution >= 4 is 0 Å². The molecule has 0 N–H and O–H groups in total. The summed E-state index contributed by atoms with van der Waals surface area (Å²) in [5.41, 5.74) is 0.943. The van der Waals surface area contributed by atoms with Crippen LogP contribution in [0.25, 0.3) is 11.3 Å². The highest BCUT2D eigenvalue weighted by atomic mass is 19.1. The monoisotopic (exact) mass is 244 g/mol. The Hall–Kier alpha value is -1.57. The van der Waals surface area contributed by atoms with Gasteiger partial charge in [0.25, 0.3) is 0 Å². The Kier molecular flexibility index (Phi) is 3.18. The van der Waals surface area contributed by atoms with E-state index in [9.17, 15) is 4.39 Å². The molecule has 2 aromatic rings. The van der Waals surface area contributed by atoms with Crippen LogP contribution < -0.4 is 0 Å². The van der Waals surface area contributed by atoms with Gasteiger partial charge in [-0.15, -0.1) is 0 Å². The van der Waals surface area contributed by atoms with Gasteiger partial charge in [-0.25, -0.2) is 4.39 Å². The molecule has 0 saturated heterocycles. The summed E-state index contributed by atoms with van der Waals surface area (Å²) in [6.45, 7) is 0. The molecule has 2 heteroatoms. The predicted molar refractivity (Wildman–Crippen MR) is 69.9 cm³/mol. The number of hydrogen-bond acceptors (Lipinski definition) is 1. The third-order valence-corrected chi connectivity index (χ3v) is 3.76. The molecule has 1 aliphatic rings. The van der Waals surface area contributed by atoms with Gasteiger partial charge < -0.3 is 4.42 Å². The Morgan fingerprint density at radius 2 is 1.61 bits per heavy atom. The van der Waals surface area contributed by atoms with Gasteiger partial charge in [0.2, 0.25) is 0 Å². The summed E-state index contributed by atoms with van der Waals surface area (Å²) in [6.07, 6.45) is 6.42. The number of hydrogen-bond donors (Lipinski definition) is 0. The fraction of sp³-hybridized carbons (Fsp3) is 0.375. The van der Waals surface area contributed by atoms with E-state index in [0.29, 0.717) is 5.92 Å². The van der Waals surface area contributed by atoms with E-state index in [-0.39, 0.29) is 5.82 Å². The Bertz CT molecular complexity index is 506. The number of rotatable bonds is 2. The van der Waals surface area contributed by atoms with Crippen LogP contribution in [0.3, 0.4) is 0 Å².